The Kier molecular flexibility index (Phi) is 3.27. The molecule has 2 saturated heterocycles. The van der Waals surface area contributed by atoms with E-state index in [1.807, 2.05) is 12.1 Å². The van der Waals surface area contributed by atoms with Crippen LogP contribution in [0.25, 0.3) is 0 Å². The van der Waals surface area contributed by atoms with Crippen LogP contribution in [0, 0.1) is 0 Å². The number of nitrogens with zero attached hydrogens (tertiary/aromatic N) is 2. The lowest BCUT2D eigenvalue weighted by Gasteiger charge is -2.39. The summed E-state index contributed by atoms with van der Waals surface area (Å²) in [6.45, 7) is 4.32. The van der Waals surface area contributed by atoms with Gasteiger partial charge in [-0.05, 0) is 37.6 Å². The van der Waals surface area contributed by atoms with Gasteiger partial charge in [-0.1, -0.05) is 11.6 Å². The molecule has 2 heterocycles. The molecule has 0 aromatic heterocycles. The lowest BCUT2D eigenvalue weighted by Crippen LogP contribution is -2.50. The molecule has 18 heavy (non-hydrogen) atoms. The summed E-state index contributed by atoms with van der Waals surface area (Å²) in [4.78, 5) is 16.0. The molecule has 2 fully saturated rings. The first kappa shape index (κ1) is 12.0. The number of rotatable bonds is 2. The molecule has 0 spiro atoms. The van der Waals surface area contributed by atoms with Crippen LogP contribution in [-0.2, 0) is 0 Å². The van der Waals surface area contributed by atoms with Crippen LogP contribution in [0.5, 0.6) is 0 Å². The third-order valence-corrected chi connectivity index (χ3v) is 4.28. The molecule has 3 rings (SSSR count). The van der Waals surface area contributed by atoms with Crippen molar-refractivity contribution in [2.75, 3.05) is 31.1 Å². The maximum Gasteiger partial charge on any atom is 0.152 e. The minimum atomic E-state index is 0.650. The van der Waals surface area contributed by atoms with Crippen molar-refractivity contribution in [3.8, 4) is 0 Å². The molecule has 1 atom stereocenters. The summed E-state index contributed by atoms with van der Waals surface area (Å²) in [6, 6.07) is 6.15. The Balaban J connectivity index is 1.86. The van der Waals surface area contributed by atoms with Crippen LogP contribution in [0.3, 0.4) is 0 Å². The fourth-order valence-electron chi connectivity index (χ4n) is 3.10. The molecule has 3 nitrogen and oxygen atoms in total. The standard InChI is InChI=1S/C14H17ClN2O/c15-12-4-3-11(10-18)14(8-12)17-7-6-16-5-1-2-13(16)9-17/h3-4,8,10,13H,1-2,5-7,9H2. The minimum absolute atomic E-state index is 0.650. The van der Waals surface area contributed by atoms with Gasteiger partial charge in [0, 0.05) is 41.9 Å². The molecule has 1 aromatic rings. The van der Waals surface area contributed by atoms with Gasteiger partial charge in [0.25, 0.3) is 0 Å². The van der Waals surface area contributed by atoms with E-state index in [2.05, 4.69) is 9.80 Å². The van der Waals surface area contributed by atoms with Crippen molar-refractivity contribution in [2.45, 2.75) is 18.9 Å². The second kappa shape index (κ2) is 4.90. The summed E-state index contributed by atoms with van der Waals surface area (Å²) in [6.07, 6.45) is 3.49. The second-order valence-electron chi connectivity index (χ2n) is 5.10. The van der Waals surface area contributed by atoms with Crippen molar-refractivity contribution in [3.63, 3.8) is 0 Å². The number of hydrogen-bond acceptors (Lipinski definition) is 3. The van der Waals surface area contributed by atoms with Crippen molar-refractivity contribution < 1.29 is 4.79 Å². The van der Waals surface area contributed by atoms with Gasteiger partial charge in [0.2, 0.25) is 0 Å². The lowest BCUT2D eigenvalue weighted by atomic mass is 10.1. The van der Waals surface area contributed by atoms with Crippen molar-refractivity contribution in [1.82, 2.24) is 4.90 Å². The number of fused-ring (bicyclic) bond motifs is 1. The highest BCUT2D eigenvalue weighted by molar-refractivity contribution is 6.31. The number of aldehydes is 1. The zero-order valence-corrected chi connectivity index (χ0v) is 11.1. The molecule has 0 aliphatic carbocycles. The molecule has 0 amide bonds. The van der Waals surface area contributed by atoms with Crippen LogP contribution >= 0.6 is 11.6 Å². The van der Waals surface area contributed by atoms with Gasteiger partial charge in [-0.3, -0.25) is 9.69 Å². The van der Waals surface area contributed by atoms with E-state index in [0.29, 0.717) is 11.1 Å². The Morgan fingerprint density at radius 3 is 3.00 bits per heavy atom. The molecule has 1 unspecified atom stereocenters. The molecule has 4 heteroatoms. The topological polar surface area (TPSA) is 23.6 Å². The van der Waals surface area contributed by atoms with E-state index in [1.165, 1.54) is 19.4 Å². The Hall–Kier alpha value is -1.06. The second-order valence-corrected chi connectivity index (χ2v) is 5.54. The van der Waals surface area contributed by atoms with Crippen molar-refractivity contribution in [1.29, 1.82) is 0 Å². The minimum Gasteiger partial charge on any atom is -0.368 e. The molecule has 2 aliphatic heterocycles. The summed E-state index contributed by atoms with van der Waals surface area (Å²) < 4.78 is 0. The average Bonchev–Trinajstić information content (AvgIpc) is 2.85. The summed E-state index contributed by atoms with van der Waals surface area (Å²) in [5.41, 5.74) is 1.73. The fourth-order valence-corrected chi connectivity index (χ4v) is 3.27. The van der Waals surface area contributed by atoms with Gasteiger partial charge in [0.1, 0.15) is 0 Å². The van der Waals surface area contributed by atoms with Crippen LogP contribution in [0.15, 0.2) is 18.2 Å². The fraction of sp³-hybridized carbons (Fsp3) is 0.500. The predicted molar refractivity (Wildman–Crippen MR) is 73.6 cm³/mol. The zero-order valence-electron chi connectivity index (χ0n) is 10.3. The van der Waals surface area contributed by atoms with Gasteiger partial charge in [-0.25, -0.2) is 0 Å². The molecule has 0 radical (unpaired) electrons. The van der Waals surface area contributed by atoms with Gasteiger partial charge in [0.15, 0.2) is 6.29 Å². The normalized spacial score (nSPS) is 24.1. The van der Waals surface area contributed by atoms with Gasteiger partial charge < -0.3 is 4.90 Å². The molecular weight excluding hydrogens is 248 g/mol. The number of piperazine rings is 1. The van der Waals surface area contributed by atoms with E-state index >= 15 is 0 Å². The van der Waals surface area contributed by atoms with Crippen molar-refractivity contribution in [3.05, 3.63) is 28.8 Å². The van der Waals surface area contributed by atoms with E-state index in [-0.39, 0.29) is 0 Å². The SMILES string of the molecule is O=Cc1ccc(Cl)cc1N1CCN2CCCC2C1. The van der Waals surface area contributed by atoms with E-state index in [0.717, 1.165) is 37.2 Å². The molecule has 0 bridgehead atoms. The first-order valence-electron chi connectivity index (χ1n) is 6.51. The first-order chi connectivity index (χ1) is 8.78. The maximum absolute atomic E-state index is 11.1. The van der Waals surface area contributed by atoms with Crippen LogP contribution in [0.4, 0.5) is 5.69 Å². The molecule has 1 aromatic carbocycles. The highest BCUT2D eigenvalue weighted by Gasteiger charge is 2.31. The summed E-state index contributed by atoms with van der Waals surface area (Å²) in [5, 5.41) is 0.699. The Morgan fingerprint density at radius 2 is 2.17 bits per heavy atom. The smallest absolute Gasteiger partial charge is 0.152 e. The Labute approximate surface area is 112 Å². The van der Waals surface area contributed by atoms with Gasteiger partial charge in [-0.15, -0.1) is 0 Å². The van der Waals surface area contributed by atoms with Gasteiger partial charge in [-0.2, -0.15) is 0 Å². The average molecular weight is 265 g/mol. The van der Waals surface area contributed by atoms with Gasteiger partial charge >= 0.3 is 0 Å². The number of carbonyl (C=O) groups is 1. The predicted octanol–water partition coefficient (Wildman–Crippen LogP) is 2.44. The van der Waals surface area contributed by atoms with Crippen LogP contribution in [0.1, 0.15) is 23.2 Å². The third kappa shape index (κ3) is 2.13. The molecular formula is C14H17ClN2O. The summed E-state index contributed by atoms with van der Waals surface area (Å²) in [5.74, 6) is 0. The van der Waals surface area contributed by atoms with E-state index in [9.17, 15) is 4.79 Å². The lowest BCUT2D eigenvalue weighted by molar-refractivity contribution is 0.112. The number of anilines is 1. The number of halogens is 1. The Bertz CT molecular complexity index is 463. The van der Waals surface area contributed by atoms with Gasteiger partial charge in [0.05, 0.1) is 0 Å². The summed E-state index contributed by atoms with van der Waals surface area (Å²) in [7, 11) is 0. The van der Waals surface area contributed by atoms with Crippen molar-refractivity contribution in [2.24, 2.45) is 0 Å². The number of hydrogen-bond donors (Lipinski definition) is 0. The third-order valence-electron chi connectivity index (χ3n) is 4.05. The number of carbonyl (C=O) groups excluding carboxylic acids is 1. The quantitative estimate of drug-likeness (QED) is 0.767. The van der Waals surface area contributed by atoms with Crippen molar-refractivity contribution >= 4 is 23.6 Å². The summed E-state index contributed by atoms with van der Waals surface area (Å²) >= 11 is 6.05. The largest absolute Gasteiger partial charge is 0.368 e. The van der Waals surface area contributed by atoms with E-state index in [1.54, 1.807) is 6.07 Å². The van der Waals surface area contributed by atoms with E-state index < -0.39 is 0 Å². The van der Waals surface area contributed by atoms with E-state index in [4.69, 9.17) is 11.6 Å². The van der Waals surface area contributed by atoms with Crippen LogP contribution < -0.4 is 4.90 Å². The highest BCUT2D eigenvalue weighted by atomic mass is 35.5. The zero-order chi connectivity index (χ0) is 12.5. The van der Waals surface area contributed by atoms with Crippen LogP contribution in [-0.4, -0.2) is 43.4 Å². The maximum atomic E-state index is 11.1. The molecule has 0 saturated carbocycles. The molecule has 0 N–H and O–H groups in total. The number of benzene rings is 1. The Morgan fingerprint density at radius 1 is 1.28 bits per heavy atom. The van der Waals surface area contributed by atoms with Crippen LogP contribution in [0.2, 0.25) is 5.02 Å². The molecule has 96 valence electrons. The highest BCUT2D eigenvalue weighted by Crippen LogP contribution is 2.29. The molecule has 2 aliphatic rings. The first-order valence-corrected chi connectivity index (χ1v) is 6.89. The monoisotopic (exact) mass is 264 g/mol.